The molecule has 2 N–H and O–H groups in total. The number of hydrogen-bond acceptors (Lipinski definition) is 7. The molecule has 0 aliphatic carbocycles. The van der Waals surface area contributed by atoms with E-state index in [2.05, 4.69) is 34.0 Å². The van der Waals surface area contributed by atoms with Gasteiger partial charge in [0.2, 0.25) is 0 Å². The quantitative estimate of drug-likeness (QED) is 0.754. The van der Waals surface area contributed by atoms with Gasteiger partial charge in [0.15, 0.2) is 15.0 Å². The fraction of sp³-hybridized carbons (Fsp3) is 0.368. The van der Waals surface area contributed by atoms with Gasteiger partial charge in [-0.15, -0.1) is 11.3 Å². The van der Waals surface area contributed by atoms with Gasteiger partial charge in [0.05, 0.1) is 17.5 Å². The number of carbonyl (C=O) groups excluding carboxylic acids is 1. The summed E-state index contributed by atoms with van der Waals surface area (Å²) in [5.74, 6) is 0.201. The molecule has 6 nitrogen and oxygen atoms in total. The summed E-state index contributed by atoms with van der Waals surface area (Å²) >= 11 is 3.18. The van der Waals surface area contributed by atoms with Gasteiger partial charge in [-0.05, 0) is 48.6 Å². The normalized spacial score (nSPS) is 22.5. The number of nitrogens with zero attached hydrogens (tertiary/aromatic N) is 1. The summed E-state index contributed by atoms with van der Waals surface area (Å²) in [6.07, 6.45) is 0.826. The molecule has 1 saturated heterocycles. The molecule has 1 fully saturated rings. The van der Waals surface area contributed by atoms with Crippen LogP contribution in [0.2, 0.25) is 0 Å². The van der Waals surface area contributed by atoms with E-state index in [1.54, 1.807) is 23.5 Å². The van der Waals surface area contributed by atoms with E-state index in [0.717, 1.165) is 17.3 Å². The lowest BCUT2D eigenvalue weighted by Crippen LogP contribution is -2.25. The third-order valence-electron chi connectivity index (χ3n) is 4.80. The van der Waals surface area contributed by atoms with Crippen LogP contribution in [0.4, 0.5) is 5.69 Å². The van der Waals surface area contributed by atoms with E-state index in [1.807, 2.05) is 12.1 Å². The van der Waals surface area contributed by atoms with Gasteiger partial charge < -0.3 is 10.6 Å². The minimum absolute atomic E-state index is 0.000287. The minimum atomic E-state index is -2.96. The summed E-state index contributed by atoms with van der Waals surface area (Å²) in [6.45, 7) is 2.67. The standard InChI is InChI=1S/C19H21N3O3S3/c1-12-6-8-26-16(12)5-7-20-18(23)13-3-2-4-14(9-13)21-19-22-15-10-28(24,25)11-17(15)27-19/h2-4,6,8-9,15,17H,5,7,10-11H2,1H3,(H,20,23)(H,21,22). The average molecular weight is 436 g/mol. The number of hydrogen-bond donors (Lipinski definition) is 2. The van der Waals surface area contributed by atoms with Crippen LogP contribution in [0, 0.1) is 6.92 Å². The van der Waals surface area contributed by atoms with E-state index in [9.17, 15) is 13.2 Å². The van der Waals surface area contributed by atoms with Crippen LogP contribution in [0.1, 0.15) is 20.8 Å². The number of fused-ring (bicyclic) bond motifs is 1. The van der Waals surface area contributed by atoms with Crippen molar-refractivity contribution in [1.29, 1.82) is 0 Å². The minimum Gasteiger partial charge on any atom is -0.352 e. The van der Waals surface area contributed by atoms with Gasteiger partial charge in [0, 0.05) is 27.9 Å². The van der Waals surface area contributed by atoms with Crippen LogP contribution < -0.4 is 10.6 Å². The number of benzene rings is 1. The fourth-order valence-electron chi connectivity index (χ4n) is 3.33. The Morgan fingerprint density at radius 1 is 1.29 bits per heavy atom. The van der Waals surface area contributed by atoms with Crippen LogP contribution in [-0.2, 0) is 16.3 Å². The predicted molar refractivity (Wildman–Crippen MR) is 116 cm³/mol. The molecular weight excluding hydrogens is 414 g/mol. The molecule has 9 heteroatoms. The number of amidine groups is 1. The van der Waals surface area contributed by atoms with Gasteiger partial charge in [-0.25, -0.2) is 8.42 Å². The Labute approximate surface area is 172 Å². The molecule has 1 amide bonds. The van der Waals surface area contributed by atoms with Crippen LogP contribution in [0.5, 0.6) is 0 Å². The maximum absolute atomic E-state index is 12.4. The van der Waals surface area contributed by atoms with Gasteiger partial charge in [-0.1, -0.05) is 17.8 Å². The first-order valence-corrected chi connectivity index (χ1v) is 12.6. The zero-order chi connectivity index (χ0) is 19.7. The second kappa shape index (κ2) is 7.88. The summed E-state index contributed by atoms with van der Waals surface area (Å²) in [5.41, 5.74) is 2.62. The number of carbonyl (C=O) groups is 1. The number of aryl methyl sites for hydroxylation is 1. The molecule has 148 valence electrons. The summed E-state index contributed by atoms with van der Waals surface area (Å²) in [5, 5.41) is 8.96. The second-order valence-corrected chi connectivity index (χ2v) is 11.4. The van der Waals surface area contributed by atoms with E-state index in [-0.39, 0.29) is 28.7 Å². The first-order valence-electron chi connectivity index (χ1n) is 9.03. The smallest absolute Gasteiger partial charge is 0.251 e. The van der Waals surface area contributed by atoms with E-state index < -0.39 is 9.84 Å². The van der Waals surface area contributed by atoms with E-state index in [1.165, 1.54) is 22.2 Å². The van der Waals surface area contributed by atoms with Crippen molar-refractivity contribution >= 4 is 49.7 Å². The van der Waals surface area contributed by atoms with Crippen LogP contribution in [0.25, 0.3) is 0 Å². The number of thioether (sulfide) groups is 1. The Morgan fingerprint density at radius 3 is 2.89 bits per heavy atom. The van der Waals surface area contributed by atoms with Gasteiger partial charge in [0.25, 0.3) is 5.91 Å². The van der Waals surface area contributed by atoms with Crippen LogP contribution in [0.3, 0.4) is 0 Å². The lowest BCUT2D eigenvalue weighted by atomic mass is 10.2. The van der Waals surface area contributed by atoms with Gasteiger partial charge >= 0.3 is 0 Å². The molecule has 2 aromatic rings. The molecule has 0 radical (unpaired) electrons. The molecular formula is C19H21N3O3S3. The molecule has 0 spiro atoms. The molecule has 2 aliphatic heterocycles. The van der Waals surface area contributed by atoms with Crippen molar-refractivity contribution in [2.45, 2.75) is 24.6 Å². The summed E-state index contributed by atoms with van der Waals surface area (Å²) in [6, 6.07) is 9.20. The molecule has 1 aromatic carbocycles. The van der Waals surface area contributed by atoms with Crippen molar-refractivity contribution in [3.05, 3.63) is 51.7 Å². The molecule has 1 aromatic heterocycles. The van der Waals surface area contributed by atoms with E-state index >= 15 is 0 Å². The third-order valence-corrected chi connectivity index (χ3v) is 9.02. The van der Waals surface area contributed by atoms with E-state index in [0.29, 0.717) is 12.1 Å². The Hall–Kier alpha value is -1.84. The zero-order valence-corrected chi connectivity index (χ0v) is 17.8. The molecule has 28 heavy (non-hydrogen) atoms. The van der Waals surface area contributed by atoms with Gasteiger partial charge in [0.1, 0.15) is 0 Å². The number of rotatable bonds is 5. The van der Waals surface area contributed by atoms with Crippen molar-refractivity contribution in [3.63, 3.8) is 0 Å². The summed E-state index contributed by atoms with van der Waals surface area (Å²) < 4.78 is 23.3. The highest BCUT2D eigenvalue weighted by Gasteiger charge is 2.42. The third kappa shape index (κ3) is 4.42. The monoisotopic (exact) mass is 435 g/mol. The molecule has 2 unspecified atom stereocenters. The van der Waals surface area contributed by atoms with Crippen molar-refractivity contribution < 1.29 is 13.2 Å². The average Bonchev–Trinajstić information content (AvgIpc) is 3.27. The van der Waals surface area contributed by atoms with Gasteiger partial charge in [-0.3, -0.25) is 9.79 Å². The predicted octanol–water partition coefficient (Wildman–Crippen LogP) is 2.71. The Morgan fingerprint density at radius 2 is 2.14 bits per heavy atom. The first kappa shape index (κ1) is 19.5. The molecule has 3 heterocycles. The Kier molecular flexibility index (Phi) is 5.48. The number of nitrogens with one attached hydrogen (secondary N) is 2. The second-order valence-electron chi connectivity index (χ2n) is 6.97. The highest BCUT2D eigenvalue weighted by Crippen LogP contribution is 2.34. The number of thiophene rings is 1. The molecule has 0 saturated carbocycles. The first-order chi connectivity index (χ1) is 13.4. The van der Waals surface area contributed by atoms with Crippen LogP contribution in [-0.4, -0.2) is 48.8 Å². The lowest BCUT2D eigenvalue weighted by Gasteiger charge is -2.09. The van der Waals surface area contributed by atoms with Crippen molar-refractivity contribution in [2.24, 2.45) is 4.99 Å². The number of sulfone groups is 1. The topological polar surface area (TPSA) is 87.6 Å². The van der Waals surface area contributed by atoms with Crippen LogP contribution in [0.15, 0.2) is 40.7 Å². The Bertz CT molecular complexity index is 1030. The van der Waals surface area contributed by atoms with Crippen molar-refractivity contribution in [3.8, 4) is 0 Å². The molecule has 2 aliphatic rings. The Balaban J connectivity index is 1.34. The zero-order valence-electron chi connectivity index (χ0n) is 15.3. The highest BCUT2D eigenvalue weighted by molar-refractivity contribution is 8.15. The SMILES string of the molecule is Cc1ccsc1CCNC(=O)c1cccc(NC2=NC3CS(=O)(=O)CC3S2)c1. The molecule has 2 atom stereocenters. The number of amides is 1. The lowest BCUT2D eigenvalue weighted by molar-refractivity contribution is 0.0954. The maximum atomic E-state index is 12.4. The fourth-order valence-corrected chi connectivity index (χ4v) is 7.92. The number of aliphatic imine (C=N–C) groups is 1. The van der Waals surface area contributed by atoms with Crippen LogP contribution >= 0.6 is 23.1 Å². The number of anilines is 1. The largest absolute Gasteiger partial charge is 0.352 e. The van der Waals surface area contributed by atoms with Crippen molar-refractivity contribution in [2.75, 3.05) is 23.4 Å². The summed E-state index contributed by atoms with van der Waals surface area (Å²) in [7, 11) is -2.96. The highest BCUT2D eigenvalue weighted by atomic mass is 32.2. The van der Waals surface area contributed by atoms with Gasteiger partial charge in [-0.2, -0.15) is 0 Å². The van der Waals surface area contributed by atoms with E-state index in [4.69, 9.17) is 0 Å². The maximum Gasteiger partial charge on any atom is 0.251 e. The van der Waals surface area contributed by atoms with Crippen molar-refractivity contribution in [1.82, 2.24) is 5.32 Å². The molecule has 4 rings (SSSR count). The summed E-state index contributed by atoms with van der Waals surface area (Å²) in [4.78, 5) is 18.2. The molecule has 0 bridgehead atoms.